The molecule has 1 fully saturated rings. The SMILES string of the molecule is COc1cc(OC)cc(C2(C(C)(C)N)CC2)c1. The Kier molecular flexibility index (Phi) is 2.82. The molecule has 0 atom stereocenters. The molecule has 1 aromatic rings. The van der Waals surface area contributed by atoms with Crippen molar-refractivity contribution >= 4 is 0 Å². The third kappa shape index (κ3) is 2.00. The summed E-state index contributed by atoms with van der Waals surface area (Å²) < 4.78 is 10.6. The molecule has 0 saturated heterocycles. The highest BCUT2D eigenvalue weighted by molar-refractivity contribution is 5.46. The van der Waals surface area contributed by atoms with Crippen LogP contribution in [0.3, 0.4) is 0 Å². The maximum atomic E-state index is 6.31. The predicted octanol–water partition coefficient (Wildman–Crippen LogP) is 2.47. The van der Waals surface area contributed by atoms with Crippen LogP contribution in [-0.2, 0) is 5.41 Å². The third-order valence-electron chi connectivity index (χ3n) is 3.89. The molecule has 0 radical (unpaired) electrons. The molecule has 3 heteroatoms. The second-order valence-electron chi connectivity index (χ2n) is 5.41. The van der Waals surface area contributed by atoms with Crippen molar-refractivity contribution in [1.29, 1.82) is 0 Å². The lowest BCUT2D eigenvalue weighted by Gasteiger charge is -2.31. The van der Waals surface area contributed by atoms with Gasteiger partial charge in [0.15, 0.2) is 0 Å². The van der Waals surface area contributed by atoms with Crippen LogP contribution in [0.15, 0.2) is 18.2 Å². The lowest BCUT2D eigenvalue weighted by Crippen LogP contribution is -2.45. The normalized spacial score (nSPS) is 17.7. The Labute approximate surface area is 103 Å². The Bertz CT molecular complexity index is 394. The molecule has 0 aliphatic heterocycles. The number of hydrogen-bond donors (Lipinski definition) is 1. The Morgan fingerprint density at radius 3 is 1.82 bits per heavy atom. The van der Waals surface area contributed by atoms with Crippen molar-refractivity contribution in [3.05, 3.63) is 23.8 Å². The molecule has 0 spiro atoms. The Morgan fingerprint density at radius 1 is 1.06 bits per heavy atom. The van der Waals surface area contributed by atoms with Crippen molar-refractivity contribution in [2.45, 2.75) is 37.6 Å². The van der Waals surface area contributed by atoms with Gasteiger partial charge in [0.2, 0.25) is 0 Å². The average molecular weight is 235 g/mol. The van der Waals surface area contributed by atoms with Gasteiger partial charge in [-0.2, -0.15) is 0 Å². The summed E-state index contributed by atoms with van der Waals surface area (Å²) in [6.45, 7) is 4.18. The minimum Gasteiger partial charge on any atom is -0.497 e. The Morgan fingerprint density at radius 2 is 1.53 bits per heavy atom. The van der Waals surface area contributed by atoms with Gasteiger partial charge in [-0.1, -0.05) is 0 Å². The van der Waals surface area contributed by atoms with E-state index in [9.17, 15) is 0 Å². The van der Waals surface area contributed by atoms with E-state index in [1.54, 1.807) is 14.2 Å². The minimum atomic E-state index is -0.218. The molecule has 0 bridgehead atoms. The van der Waals surface area contributed by atoms with E-state index in [4.69, 9.17) is 15.2 Å². The van der Waals surface area contributed by atoms with Crippen LogP contribution in [0.1, 0.15) is 32.3 Å². The number of nitrogens with two attached hydrogens (primary N) is 1. The lowest BCUT2D eigenvalue weighted by atomic mass is 9.79. The van der Waals surface area contributed by atoms with Crippen molar-refractivity contribution < 1.29 is 9.47 Å². The van der Waals surface area contributed by atoms with Crippen LogP contribution < -0.4 is 15.2 Å². The van der Waals surface area contributed by atoms with Crippen molar-refractivity contribution in [1.82, 2.24) is 0 Å². The molecule has 0 amide bonds. The number of hydrogen-bond acceptors (Lipinski definition) is 3. The van der Waals surface area contributed by atoms with Gasteiger partial charge in [0, 0.05) is 17.0 Å². The summed E-state index contributed by atoms with van der Waals surface area (Å²) >= 11 is 0. The van der Waals surface area contributed by atoms with E-state index >= 15 is 0 Å². The molecular formula is C14H21NO2. The topological polar surface area (TPSA) is 44.5 Å². The first-order valence-electron chi connectivity index (χ1n) is 5.95. The van der Waals surface area contributed by atoms with E-state index in [0.29, 0.717) is 0 Å². The fourth-order valence-electron chi connectivity index (χ4n) is 2.51. The van der Waals surface area contributed by atoms with Gasteiger partial charge in [0.25, 0.3) is 0 Å². The molecule has 1 aromatic carbocycles. The Balaban J connectivity index is 2.45. The molecule has 17 heavy (non-hydrogen) atoms. The molecule has 1 aliphatic rings. The van der Waals surface area contributed by atoms with Gasteiger partial charge in [0.05, 0.1) is 14.2 Å². The van der Waals surface area contributed by atoms with Gasteiger partial charge >= 0.3 is 0 Å². The third-order valence-corrected chi connectivity index (χ3v) is 3.89. The van der Waals surface area contributed by atoms with Crippen LogP contribution >= 0.6 is 0 Å². The van der Waals surface area contributed by atoms with Gasteiger partial charge in [0.1, 0.15) is 11.5 Å². The van der Waals surface area contributed by atoms with E-state index in [2.05, 4.69) is 26.0 Å². The zero-order chi connectivity index (χ0) is 12.7. The van der Waals surface area contributed by atoms with Crippen molar-refractivity contribution in [3.63, 3.8) is 0 Å². The number of ether oxygens (including phenoxy) is 2. The molecule has 0 aromatic heterocycles. The van der Waals surface area contributed by atoms with E-state index < -0.39 is 0 Å². The first-order chi connectivity index (χ1) is 7.93. The van der Waals surface area contributed by atoms with E-state index in [0.717, 1.165) is 24.3 Å². The van der Waals surface area contributed by atoms with Gasteiger partial charge < -0.3 is 15.2 Å². The van der Waals surface area contributed by atoms with Crippen molar-refractivity contribution in [2.75, 3.05) is 14.2 Å². The van der Waals surface area contributed by atoms with E-state index in [1.165, 1.54) is 5.56 Å². The predicted molar refractivity (Wildman–Crippen MR) is 68.7 cm³/mol. The molecule has 94 valence electrons. The van der Waals surface area contributed by atoms with Crippen LogP contribution in [0, 0.1) is 0 Å². The maximum absolute atomic E-state index is 6.31. The van der Waals surface area contributed by atoms with E-state index in [1.807, 2.05) is 6.07 Å². The number of methoxy groups -OCH3 is 2. The minimum absolute atomic E-state index is 0.0782. The number of benzene rings is 1. The van der Waals surface area contributed by atoms with Crippen LogP contribution in [0.25, 0.3) is 0 Å². The zero-order valence-electron chi connectivity index (χ0n) is 11.0. The highest BCUT2D eigenvalue weighted by Crippen LogP contribution is 2.55. The average Bonchev–Trinajstić information content (AvgIpc) is 3.08. The highest BCUT2D eigenvalue weighted by Gasteiger charge is 2.53. The fourth-order valence-corrected chi connectivity index (χ4v) is 2.51. The van der Waals surface area contributed by atoms with Crippen molar-refractivity contribution in [2.24, 2.45) is 5.73 Å². The van der Waals surface area contributed by atoms with Crippen LogP contribution in [0.2, 0.25) is 0 Å². The monoisotopic (exact) mass is 235 g/mol. The van der Waals surface area contributed by atoms with Gasteiger partial charge in [-0.25, -0.2) is 0 Å². The van der Waals surface area contributed by atoms with E-state index in [-0.39, 0.29) is 11.0 Å². The molecular weight excluding hydrogens is 214 g/mol. The quantitative estimate of drug-likeness (QED) is 0.872. The first-order valence-corrected chi connectivity index (χ1v) is 5.95. The van der Waals surface area contributed by atoms with Crippen LogP contribution in [0.5, 0.6) is 11.5 Å². The molecule has 1 saturated carbocycles. The largest absolute Gasteiger partial charge is 0.497 e. The number of rotatable bonds is 4. The summed E-state index contributed by atoms with van der Waals surface area (Å²) in [6.07, 6.45) is 2.26. The molecule has 0 heterocycles. The molecule has 2 rings (SSSR count). The summed E-state index contributed by atoms with van der Waals surface area (Å²) in [5.41, 5.74) is 7.39. The summed E-state index contributed by atoms with van der Waals surface area (Å²) in [4.78, 5) is 0. The van der Waals surface area contributed by atoms with Gasteiger partial charge in [-0.3, -0.25) is 0 Å². The van der Waals surface area contributed by atoms with Gasteiger partial charge in [-0.15, -0.1) is 0 Å². The first kappa shape index (κ1) is 12.2. The summed E-state index contributed by atoms with van der Waals surface area (Å²) in [6, 6.07) is 6.04. The lowest BCUT2D eigenvalue weighted by molar-refractivity contribution is 0.374. The molecule has 2 N–H and O–H groups in total. The smallest absolute Gasteiger partial charge is 0.122 e. The maximum Gasteiger partial charge on any atom is 0.122 e. The molecule has 0 unspecified atom stereocenters. The Hall–Kier alpha value is -1.22. The van der Waals surface area contributed by atoms with Crippen LogP contribution in [0.4, 0.5) is 0 Å². The molecule has 3 nitrogen and oxygen atoms in total. The van der Waals surface area contributed by atoms with Gasteiger partial charge in [-0.05, 0) is 44.4 Å². The second kappa shape index (κ2) is 3.91. The highest BCUT2D eigenvalue weighted by atomic mass is 16.5. The molecule has 1 aliphatic carbocycles. The van der Waals surface area contributed by atoms with Crippen LogP contribution in [-0.4, -0.2) is 19.8 Å². The fraction of sp³-hybridized carbons (Fsp3) is 0.571. The second-order valence-corrected chi connectivity index (χ2v) is 5.41. The summed E-state index contributed by atoms with van der Waals surface area (Å²) in [5.74, 6) is 1.66. The zero-order valence-corrected chi connectivity index (χ0v) is 11.0. The summed E-state index contributed by atoms with van der Waals surface area (Å²) in [7, 11) is 3.34. The van der Waals surface area contributed by atoms with Crippen molar-refractivity contribution in [3.8, 4) is 11.5 Å². The standard InChI is InChI=1S/C14H21NO2/c1-13(2,15)14(5-6-14)10-7-11(16-3)9-12(8-10)17-4/h7-9H,5-6,15H2,1-4H3. The summed E-state index contributed by atoms with van der Waals surface area (Å²) in [5, 5.41) is 0.